The molecule has 0 bridgehead atoms. The molecular formula is C28H38BrN3O. The van der Waals surface area contributed by atoms with Gasteiger partial charge in [-0.1, -0.05) is 79.9 Å². The Kier molecular flexibility index (Phi) is 11.0. The maximum atomic E-state index is 12.2. The molecule has 0 unspecified atom stereocenters. The van der Waals surface area contributed by atoms with Crippen molar-refractivity contribution in [2.75, 3.05) is 6.54 Å². The van der Waals surface area contributed by atoms with Crippen LogP contribution >= 0.6 is 15.9 Å². The first-order valence-electron chi connectivity index (χ1n) is 12.7. The molecule has 178 valence electrons. The Morgan fingerprint density at radius 2 is 1.58 bits per heavy atom. The van der Waals surface area contributed by atoms with Crippen LogP contribution < -0.4 is 5.32 Å². The van der Waals surface area contributed by atoms with Crippen LogP contribution in [0.15, 0.2) is 53.0 Å². The fourth-order valence-electron chi connectivity index (χ4n) is 4.28. The molecule has 0 aliphatic carbocycles. The molecule has 3 aromatic rings. The molecule has 1 heterocycles. The smallest absolute Gasteiger partial charge is 0.251 e. The Hall–Kier alpha value is -2.14. The predicted molar refractivity (Wildman–Crippen MR) is 142 cm³/mol. The molecule has 4 nitrogen and oxygen atoms in total. The molecule has 33 heavy (non-hydrogen) atoms. The standard InChI is InChI=1S/C28H38BrN3O/c1-2-3-4-5-6-7-13-22-32-26-15-11-10-14-25(26)31-27(32)16-9-8-12-21-30-28(33)23-17-19-24(29)20-18-23/h10-11,14-15,17-20H,2-9,12-13,16,21-22H2,1H3,(H,30,33). The number of hydrogen-bond acceptors (Lipinski definition) is 2. The van der Waals surface area contributed by atoms with Gasteiger partial charge in [0.25, 0.3) is 5.91 Å². The van der Waals surface area contributed by atoms with E-state index in [4.69, 9.17) is 4.98 Å². The van der Waals surface area contributed by atoms with Gasteiger partial charge in [0.05, 0.1) is 11.0 Å². The minimum absolute atomic E-state index is 0.000938. The Labute approximate surface area is 207 Å². The second kappa shape index (κ2) is 14.2. The summed E-state index contributed by atoms with van der Waals surface area (Å²) in [5.41, 5.74) is 3.08. The van der Waals surface area contributed by atoms with Crippen LogP contribution in [0.25, 0.3) is 11.0 Å². The molecule has 0 spiro atoms. The Bertz CT molecular complexity index is 980. The minimum atomic E-state index is -0.000938. The van der Waals surface area contributed by atoms with Crippen LogP contribution in [0, 0.1) is 0 Å². The third kappa shape index (κ3) is 8.29. The third-order valence-electron chi connectivity index (χ3n) is 6.19. The maximum absolute atomic E-state index is 12.2. The molecule has 1 amide bonds. The van der Waals surface area contributed by atoms with Gasteiger partial charge in [0.2, 0.25) is 0 Å². The van der Waals surface area contributed by atoms with E-state index >= 15 is 0 Å². The largest absolute Gasteiger partial charge is 0.352 e. The van der Waals surface area contributed by atoms with E-state index < -0.39 is 0 Å². The summed E-state index contributed by atoms with van der Waals surface area (Å²) in [6, 6.07) is 16.0. The number of hydrogen-bond donors (Lipinski definition) is 1. The molecule has 0 saturated carbocycles. The summed E-state index contributed by atoms with van der Waals surface area (Å²) in [6.45, 7) is 4.04. The van der Waals surface area contributed by atoms with Crippen molar-refractivity contribution in [1.29, 1.82) is 0 Å². The lowest BCUT2D eigenvalue weighted by Crippen LogP contribution is -2.24. The molecule has 3 rings (SSSR count). The zero-order valence-corrected chi connectivity index (χ0v) is 21.6. The Morgan fingerprint density at radius 3 is 2.36 bits per heavy atom. The molecule has 0 aliphatic rings. The fourth-order valence-corrected chi connectivity index (χ4v) is 4.55. The predicted octanol–water partition coefficient (Wildman–Crippen LogP) is 7.69. The van der Waals surface area contributed by atoms with E-state index in [1.165, 1.54) is 56.3 Å². The van der Waals surface area contributed by atoms with Crippen molar-refractivity contribution in [1.82, 2.24) is 14.9 Å². The SMILES string of the molecule is CCCCCCCCCn1c(CCCCCNC(=O)c2ccc(Br)cc2)nc2ccccc21. The normalized spacial score (nSPS) is 11.2. The van der Waals surface area contributed by atoms with Gasteiger partial charge in [-0.05, 0) is 55.7 Å². The molecule has 0 radical (unpaired) electrons. The lowest BCUT2D eigenvalue weighted by atomic mass is 10.1. The second-order valence-corrected chi connectivity index (χ2v) is 9.78. The van der Waals surface area contributed by atoms with Gasteiger partial charge >= 0.3 is 0 Å². The molecule has 5 heteroatoms. The minimum Gasteiger partial charge on any atom is -0.352 e. The number of aromatic nitrogens is 2. The summed E-state index contributed by atoms with van der Waals surface area (Å²) in [6.07, 6.45) is 13.4. The second-order valence-electron chi connectivity index (χ2n) is 8.86. The van der Waals surface area contributed by atoms with Crippen LogP contribution in [0.5, 0.6) is 0 Å². The van der Waals surface area contributed by atoms with E-state index in [-0.39, 0.29) is 5.91 Å². The van der Waals surface area contributed by atoms with Crippen molar-refractivity contribution in [3.05, 3.63) is 64.4 Å². The summed E-state index contributed by atoms with van der Waals surface area (Å²) in [4.78, 5) is 17.1. The number of carbonyl (C=O) groups excluding carboxylic acids is 1. The molecule has 0 fully saturated rings. The van der Waals surface area contributed by atoms with Crippen LogP contribution in [-0.2, 0) is 13.0 Å². The van der Waals surface area contributed by atoms with Crippen LogP contribution in [0.2, 0.25) is 0 Å². The lowest BCUT2D eigenvalue weighted by molar-refractivity contribution is 0.0953. The number of imidazole rings is 1. The van der Waals surface area contributed by atoms with Crippen LogP contribution in [0.3, 0.4) is 0 Å². The number of nitrogens with one attached hydrogen (secondary N) is 1. The van der Waals surface area contributed by atoms with Gasteiger partial charge in [0, 0.05) is 29.5 Å². The Morgan fingerprint density at radius 1 is 0.879 bits per heavy atom. The molecular weight excluding hydrogens is 474 g/mol. The molecule has 0 saturated heterocycles. The number of rotatable bonds is 15. The van der Waals surface area contributed by atoms with Gasteiger partial charge in [-0.15, -0.1) is 0 Å². The zero-order chi connectivity index (χ0) is 23.3. The molecule has 0 atom stereocenters. The van der Waals surface area contributed by atoms with Crippen molar-refractivity contribution >= 4 is 32.9 Å². The van der Waals surface area contributed by atoms with E-state index in [1.54, 1.807) is 0 Å². The van der Waals surface area contributed by atoms with Gasteiger partial charge in [-0.2, -0.15) is 0 Å². The highest BCUT2D eigenvalue weighted by atomic mass is 79.9. The monoisotopic (exact) mass is 511 g/mol. The van der Waals surface area contributed by atoms with Gasteiger partial charge in [0.15, 0.2) is 0 Å². The number of halogens is 1. The summed E-state index contributed by atoms with van der Waals surface area (Å²) in [5, 5.41) is 3.03. The number of carbonyl (C=O) groups is 1. The summed E-state index contributed by atoms with van der Waals surface area (Å²) in [7, 11) is 0. The number of para-hydroxylation sites is 2. The van der Waals surface area contributed by atoms with Gasteiger partial charge < -0.3 is 9.88 Å². The van der Waals surface area contributed by atoms with Gasteiger partial charge in [0.1, 0.15) is 5.82 Å². The van der Waals surface area contributed by atoms with E-state index in [2.05, 4.69) is 57.0 Å². The molecule has 0 aliphatic heterocycles. The van der Waals surface area contributed by atoms with Gasteiger partial charge in [-0.25, -0.2) is 4.98 Å². The molecule has 1 aromatic heterocycles. The van der Waals surface area contributed by atoms with E-state index in [9.17, 15) is 4.79 Å². The number of benzene rings is 2. The zero-order valence-electron chi connectivity index (χ0n) is 20.0. The van der Waals surface area contributed by atoms with Crippen molar-refractivity contribution in [3.8, 4) is 0 Å². The summed E-state index contributed by atoms with van der Waals surface area (Å²) < 4.78 is 3.42. The van der Waals surface area contributed by atoms with E-state index in [0.717, 1.165) is 42.2 Å². The first-order valence-corrected chi connectivity index (χ1v) is 13.5. The molecule has 1 N–H and O–H groups in total. The topological polar surface area (TPSA) is 46.9 Å². The number of amides is 1. The van der Waals surface area contributed by atoms with Crippen molar-refractivity contribution in [2.24, 2.45) is 0 Å². The Balaban J connectivity index is 1.41. The summed E-state index contributed by atoms with van der Waals surface area (Å²) in [5.74, 6) is 1.21. The third-order valence-corrected chi connectivity index (χ3v) is 6.72. The van der Waals surface area contributed by atoms with Gasteiger partial charge in [-0.3, -0.25) is 4.79 Å². The number of aryl methyl sites for hydroxylation is 2. The van der Waals surface area contributed by atoms with Crippen molar-refractivity contribution < 1.29 is 4.79 Å². The summed E-state index contributed by atoms with van der Waals surface area (Å²) >= 11 is 3.40. The van der Waals surface area contributed by atoms with Crippen molar-refractivity contribution in [2.45, 2.75) is 84.1 Å². The first kappa shape index (κ1) is 25.5. The fraction of sp³-hybridized carbons (Fsp3) is 0.500. The number of nitrogens with zero attached hydrogens (tertiary/aromatic N) is 2. The highest BCUT2D eigenvalue weighted by Crippen LogP contribution is 2.19. The highest BCUT2D eigenvalue weighted by Gasteiger charge is 2.10. The number of unbranched alkanes of at least 4 members (excludes halogenated alkanes) is 8. The maximum Gasteiger partial charge on any atom is 0.251 e. The quantitative estimate of drug-likeness (QED) is 0.212. The highest BCUT2D eigenvalue weighted by molar-refractivity contribution is 9.10. The average Bonchev–Trinajstić information content (AvgIpc) is 3.18. The van der Waals surface area contributed by atoms with Crippen LogP contribution in [-0.4, -0.2) is 22.0 Å². The van der Waals surface area contributed by atoms with Crippen LogP contribution in [0.4, 0.5) is 0 Å². The van der Waals surface area contributed by atoms with E-state index in [0.29, 0.717) is 12.1 Å². The first-order chi connectivity index (χ1) is 16.2. The lowest BCUT2D eigenvalue weighted by Gasteiger charge is -2.10. The van der Waals surface area contributed by atoms with E-state index in [1.807, 2.05) is 24.3 Å². The molecule has 2 aromatic carbocycles. The van der Waals surface area contributed by atoms with Crippen molar-refractivity contribution in [3.63, 3.8) is 0 Å². The van der Waals surface area contributed by atoms with Crippen LogP contribution in [0.1, 0.15) is 87.3 Å². The number of fused-ring (bicyclic) bond motifs is 1. The average molecular weight is 513 g/mol.